The van der Waals surface area contributed by atoms with E-state index >= 15 is 0 Å². The van der Waals surface area contributed by atoms with E-state index in [1.807, 2.05) is 18.2 Å². The summed E-state index contributed by atoms with van der Waals surface area (Å²) >= 11 is 0. The molecule has 1 amide bonds. The number of carbonyl (C=O) groups is 1. The van der Waals surface area contributed by atoms with E-state index in [-0.39, 0.29) is 17.7 Å². The number of halogens is 1. The van der Waals surface area contributed by atoms with Gasteiger partial charge in [-0.15, -0.1) is 0 Å². The highest BCUT2D eigenvalue weighted by atomic mass is 19.1. The summed E-state index contributed by atoms with van der Waals surface area (Å²) in [7, 11) is 6.96. The SMILES string of the molecule is COCCNC(=O)OC1(CCN(C)CCCc2nc3c(OC)ccc(OC)c3[nH]2)CCc2cc(F)ccc2C1C(C)C. The second kappa shape index (κ2) is 14.2. The van der Waals surface area contributed by atoms with E-state index in [0.717, 1.165) is 59.7 Å². The number of amides is 1. The van der Waals surface area contributed by atoms with Crippen LogP contribution in [0.15, 0.2) is 30.3 Å². The lowest BCUT2D eigenvalue weighted by Crippen LogP contribution is -2.50. The molecule has 4 rings (SSSR count). The molecule has 0 fully saturated rings. The maximum absolute atomic E-state index is 14.1. The van der Waals surface area contributed by atoms with Crippen molar-refractivity contribution in [2.75, 3.05) is 54.6 Å². The predicted molar refractivity (Wildman–Crippen MR) is 161 cm³/mol. The number of ether oxygens (including phenoxy) is 4. The van der Waals surface area contributed by atoms with Crippen LogP contribution in [-0.4, -0.2) is 81.2 Å². The van der Waals surface area contributed by atoms with Crippen LogP contribution in [0.3, 0.4) is 0 Å². The van der Waals surface area contributed by atoms with Gasteiger partial charge in [-0.1, -0.05) is 19.9 Å². The number of aromatic nitrogens is 2. The van der Waals surface area contributed by atoms with Crippen LogP contribution in [0.2, 0.25) is 0 Å². The molecule has 1 aromatic heterocycles. The molecule has 2 N–H and O–H groups in total. The Hall–Kier alpha value is -3.37. The van der Waals surface area contributed by atoms with Gasteiger partial charge in [0, 0.05) is 39.0 Å². The fraction of sp³-hybridized carbons (Fsp3) is 0.562. The van der Waals surface area contributed by atoms with Crippen molar-refractivity contribution in [2.45, 2.75) is 57.5 Å². The Bertz CT molecular complexity index is 1300. The van der Waals surface area contributed by atoms with Gasteiger partial charge in [-0.05, 0) is 74.2 Å². The topological polar surface area (TPSA) is 97.9 Å². The quantitative estimate of drug-likeness (QED) is 0.243. The van der Waals surface area contributed by atoms with Crippen molar-refractivity contribution in [3.63, 3.8) is 0 Å². The van der Waals surface area contributed by atoms with Gasteiger partial charge in [0.15, 0.2) is 0 Å². The number of alkyl carbamates (subject to hydrolysis) is 1. The van der Waals surface area contributed by atoms with Gasteiger partial charge in [0.25, 0.3) is 0 Å². The number of fused-ring (bicyclic) bond motifs is 2. The molecule has 3 aromatic rings. The van der Waals surface area contributed by atoms with E-state index in [9.17, 15) is 9.18 Å². The Morgan fingerprint density at radius 3 is 2.64 bits per heavy atom. The average Bonchev–Trinajstić information content (AvgIpc) is 3.39. The number of hydrogen-bond donors (Lipinski definition) is 2. The van der Waals surface area contributed by atoms with Gasteiger partial charge in [0.1, 0.15) is 39.8 Å². The van der Waals surface area contributed by atoms with E-state index in [2.05, 4.69) is 36.1 Å². The Balaban J connectivity index is 1.45. The number of hydrogen-bond acceptors (Lipinski definition) is 7. The smallest absolute Gasteiger partial charge is 0.407 e. The predicted octanol–water partition coefficient (Wildman–Crippen LogP) is 5.47. The van der Waals surface area contributed by atoms with Crippen molar-refractivity contribution in [1.82, 2.24) is 20.2 Å². The number of aryl methyl sites for hydroxylation is 2. The largest absolute Gasteiger partial charge is 0.494 e. The van der Waals surface area contributed by atoms with Gasteiger partial charge in [-0.3, -0.25) is 0 Å². The number of rotatable bonds is 14. The molecule has 2 unspecified atom stereocenters. The first-order valence-electron chi connectivity index (χ1n) is 14.7. The first-order chi connectivity index (χ1) is 20.2. The maximum atomic E-state index is 14.1. The number of aromatic amines is 1. The summed E-state index contributed by atoms with van der Waals surface area (Å²) in [6.45, 7) is 6.66. The Kier molecular flexibility index (Phi) is 10.7. The van der Waals surface area contributed by atoms with E-state index in [1.54, 1.807) is 27.4 Å². The van der Waals surface area contributed by atoms with E-state index in [4.69, 9.17) is 23.9 Å². The van der Waals surface area contributed by atoms with Crippen LogP contribution >= 0.6 is 0 Å². The molecule has 0 radical (unpaired) electrons. The normalized spacial score (nSPS) is 18.4. The number of carbonyl (C=O) groups excluding carboxylic acids is 1. The average molecular weight is 585 g/mol. The molecule has 0 aliphatic heterocycles. The summed E-state index contributed by atoms with van der Waals surface area (Å²) in [5.41, 5.74) is 2.96. The number of nitrogens with one attached hydrogen (secondary N) is 2. The minimum atomic E-state index is -0.712. The Morgan fingerprint density at radius 1 is 1.17 bits per heavy atom. The molecule has 2 atom stereocenters. The van der Waals surface area contributed by atoms with Crippen molar-refractivity contribution >= 4 is 17.1 Å². The fourth-order valence-corrected chi connectivity index (χ4v) is 6.32. The van der Waals surface area contributed by atoms with Crippen molar-refractivity contribution in [2.24, 2.45) is 5.92 Å². The number of benzene rings is 2. The summed E-state index contributed by atoms with van der Waals surface area (Å²) in [6, 6.07) is 8.74. The molecule has 1 aliphatic carbocycles. The van der Waals surface area contributed by atoms with Crippen LogP contribution in [0, 0.1) is 11.7 Å². The Labute approximate surface area is 248 Å². The number of H-pyrrole nitrogens is 1. The van der Waals surface area contributed by atoms with Gasteiger partial charge in [0.2, 0.25) is 0 Å². The first-order valence-corrected chi connectivity index (χ1v) is 14.7. The lowest BCUT2D eigenvalue weighted by molar-refractivity contribution is -0.0446. The third kappa shape index (κ3) is 7.15. The second-order valence-corrected chi connectivity index (χ2v) is 11.5. The summed E-state index contributed by atoms with van der Waals surface area (Å²) in [5, 5.41) is 2.83. The van der Waals surface area contributed by atoms with Crippen LogP contribution in [0.1, 0.15) is 56.0 Å². The summed E-state index contributed by atoms with van der Waals surface area (Å²) in [6.07, 6.45) is 3.18. The minimum Gasteiger partial charge on any atom is -0.494 e. The van der Waals surface area contributed by atoms with Gasteiger partial charge in [0.05, 0.1) is 20.8 Å². The monoisotopic (exact) mass is 584 g/mol. The molecule has 1 aliphatic rings. The van der Waals surface area contributed by atoms with Crippen molar-refractivity contribution in [1.29, 1.82) is 0 Å². The molecule has 0 spiro atoms. The third-order valence-corrected chi connectivity index (χ3v) is 8.29. The molecule has 1 heterocycles. The van der Waals surface area contributed by atoms with E-state index in [0.29, 0.717) is 38.2 Å². The van der Waals surface area contributed by atoms with Crippen molar-refractivity contribution < 1.29 is 28.1 Å². The highest BCUT2D eigenvalue weighted by molar-refractivity contribution is 5.87. The number of imidazole rings is 1. The number of nitrogens with zero attached hydrogens (tertiary/aromatic N) is 2. The highest BCUT2D eigenvalue weighted by Gasteiger charge is 2.47. The van der Waals surface area contributed by atoms with Crippen LogP contribution in [-0.2, 0) is 22.3 Å². The van der Waals surface area contributed by atoms with Crippen LogP contribution in [0.25, 0.3) is 11.0 Å². The van der Waals surface area contributed by atoms with Gasteiger partial charge < -0.3 is 34.1 Å². The maximum Gasteiger partial charge on any atom is 0.407 e. The van der Waals surface area contributed by atoms with Gasteiger partial charge in [-0.2, -0.15) is 0 Å². The summed E-state index contributed by atoms with van der Waals surface area (Å²) in [4.78, 5) is 23.4. The van der Waals surface area contributed by atoms with Crippen molar-refractivity contribution in [3.8, 4) is 11.5 Å². The molecule has 0 bridgehead atoms. The van der Waals surface area contributed by atoms with Crippen LogP contribution < -0.4 is 14.8 Å². The molecular weight excluding hydrogens is 539 g/mol. The van der Waals surface area contributed by atoms with E-state index in [1.165, 1.54) is 6.07 Å². The van der Waals surface area contributed by atoms with Crippen molar-refractivity contribution in [3.05, 3.63) is 53.1 Å². The lowest BCUT2D eigenvalue weighted by Gasteiger charge is -2.47. The molecule has 2 aromatic carbocycles. The Morgan fingerprint density at radius 2 is 1.93 bits per heavy atom. The van der Waals surface area contributed by atoms with Gasteiger partial charge >= 0.3 is 6.09 Å². The minimum absolute atomic E-state index is 0.0519. The molecule has 9 nitrogen and oxygen atoms in total. The van der Waals surface area contributed by atoms with Crippen LogP contribution in [0.4, 0.5) is 9.18 Å². The lowest BCUT2D eigenvalue weighted by atomic mass is 9.65. The summed E-state index contributed by atoms with van der Waals surface area (Å²) < 4.78 is 36.5. The molecule has 230 valence electrons. The number of methoxy groups -OCH3 is 3. The molecular formula is C32H45FN4O5. The van der Waals surface area contributed by atoms with Gasteiger partial charge in [-0.25, -0.2) is 14.2 Å². The first kappa shape index (κ1) is 31.6. The molecule has 10 heteroatoms. The summed E-state index contributed by atoms with van der Waals surface area (Å²) in [5.74, 6) is 2.22. The zero-order valence-electron chi connectivity index (χ0n) is 25.7. The molecule has 0 saturated heterocycles. The zero-order chi connectivity index (χ0) is 30.3. The second-order valence-electron chi connectivity index (χ2n) is 11.5. The van der Waals surface area contributed by atoms with Crippen LogP contribution in [0.5, 0.6) is 11.5 Å². The van der Waals surface area contributed by atoms with E-state index < -0.39 is 11.7 Å². The highest BCUT2D eigenvalue weighted by Crippen LogP contribution is 2.48. The molecule has 42 heavy (non-hydrogen) atoms. The standard InChI is InChI=1S/C32H45FN4O5/c1-21(2)28-24-10-9-23(33)20-22(24)13-14-32(28,42-31(38)34-16-19-39-4)15-18-37(3)17-7-8-27-35-29-25(40-5)11-12-26(41-6)30(29)36-27/h9-12,20-21,28H,7-8,13-19H2,1-6H3,(H,34,38)(H,35,36). The zero-order valence-corrected chi connectivity index (χ0v) is 25.7. The fourth-order valence-electron chi connectivity index (χ4n) is 6.32. The molecule has 0 saturated carbocycles. The third-order valence-electron chi connectivity index (χ3n) is 8.29.